The Morgan fingerprint density at radius 2 is 0.800 bits per heavy atom. The van der Waals surface area contributed by atoms with Crippen LogP contribution in [0.2, 0.25) is 0 Å². The van der Waals surface area contributed by atoms with Gasteiger partial charge in [0.25, 0.3) is 0 Å². The molecule has 0 aromatic heterocycles. The van der Waals surface area contributed by atoms with Gasteiger partial charge in [-0.25, -0.2) is 0 Å². The van der Waals surface area contributed by atoms with Crippen LogP contribution in [-0.4, -0.2) is 14.7 Å². The summed E-state index contributed by atoms with van der Waals surface area (Å²) in [7, 11) is -3.06. The van der Waals surface area contributed by atoms with E-state index in [2.05, 4.69) is 175 Å². The highest BCUT2D eigenvalue weighted by molar-refractivity contribution is 7.26. The van der Waals surface area contributed by atoms with Crippen molar-refractivity contribution in [3.05, 3.63) is 240 Å². The molecule has 0 atom stereocenters. The van der Waals surface area contributed by atoms with Crippen LogP contribution in [0.3, 0.4) is 0 Å². The van der Waals surface area contributed by atoms with Crippen molar-refractivity contribution >= 4 is 34.8 Å². The average molecular weight is 721 g/mol. The molecule has 1 aliphatic rings. The van der Waals surface area contributed by atoms with Crippen molar-refractivity contribution in [2.24, 2.45) is 0 Å². The first-order chi connectivity index (χ1) is 27.3. The SMILES string of the molecule is C(#C[Si]1(c2ccccc2)C(c2ccccc2)=C(c2ccccc2)C(c2ccccc2)=C1c1ccccc1)CCCOc1ccc(C#Cc2ccccc2)cc1. The Balaban J connectivity index is 1.21. The number of benzene rings is 7. The van der Waals surface area contributed by atoms with E-state index in [1.54, 1.807) is 0 Å². The molecule has 0 N–H and O–H groups in total. The van der Waals surface area contributed by atoms with E-state index in [9.17, 15) is 0 Å². The van der Waals surface area contributed by atoms with Gasteiger partial charge in [-0.3, -0.25) is 0 Å². The zero-order chi connectivity index (χ0) is 37.1. The molecule has 0 unspecified atom stereocenters. The molecule has 0 bridgehead atoms. The summed E-state index contributed by atoms with van der Waals surface area (Å²) in [6.45, 7) is 0.580. The van der Waals surface area contributed by atoms with Gasteiger partial charge in [0.2, 0.25) is 8.07 Å². The summed E-state index contributed by atoms with van der Waals surface area (Å²) in [5, 5.41) is 3.95. The normalized spacial score (nSPS) is 13.0. The fourth-order valence-electron chi connectivity index (χ4n) is 7.49. The molecular formula is C53H40OSi. The van der Waals surface area contributed by atoms with Crippen LogP contribution in [0.4, 0.5) is 0 Å². The molecule has 7 aromatic carbocycles. The topological polar surface area (TPSA) is 9.23 Å². The lowest BCUT2D eigenvalue weighted by Crippen LogP contribution is -2.49. The van der Waals surface area contributed by atoms with Gasteiger partial charge in [-0.15, -0.1) is 11.5 Å². The van der Waals surface area contributed by atoms with Gasteiger partial charge >= 0.3 is 0 Å². The van der Waals surface area contributed by atoms with Gasteiger partial charge in [-0.05, 0) is 91.8 Å². The lowest BCUT2D eigenvalue weighted by molar-refractivity contribution is 0.313. The van der Waals surface area contributed by atoms with Crippen LogP contribution in [0, 0.1) is 23.3 Å². The minimum atomic E-state index is -3.06. The van der Waals surface area contributed by atoms with Crippen molar-refractivity contribution in [3.8, 4) is 29.1 Å². The molecular weight excluding hydrogens is 681 g/mol. The molecule has 55 heavy (non-hydrogen) atoms. The number of unbranched alkanes of at least 4 members (excludes halogenated alkanes) is 1. The van der Waals surface area contributed by atoms with Crippen LogP contribution in [0.25, 0.3) is 21.5 Å². The third kappa shape index (κ3) is 7.64. The van der Waals surface area contributed by atoms with Crippen LogP contribution in [0.1, 0.15) is 46.2 Å². The molecule has 1 nitrogen and oxygen atoms in total. The fourth-order valence-corrected chi connectivity index (χ4v) is 12.3. The Labute approximate surface area is 326 Å². The maximum absolute atomic E-state index is 6.21. The highest BCUT2D eigenvalue weighted by Crippen LogP contribution is 2.55. The average Bonchev–Trinajstić information content (AvgIpc) is 3.58. The second-order valence-corrected chi connectivity index (χ2v) is 16.8. The van der Waals surface area contributed by atoms with E-state index < -0.39 is 8.07 Å². The highest BCUT2D eigenvalue weighted by atomic mass is 28.3. The van der Waals surface area contributed by atoms with Gasteiger partial charge in [-0.1, -0.05) is 182 Å². The smallest absolute Gasteiger partial charge is 0.232 e. The number of hydrogen-bond donors (Lipinski definition) is 0. The van der Waals surface area contributed by atoms with Gasteiger partial charge in [0.05, 0.1) is 6.61 Å². The van der Waals surface area contributed by atoms with Crippen LogP contribution in [0.5, 0.6) is 5.75 Å². The minimum absolute atomic E-state index is 0.580. The van der Waals surface area contributed by atoms with Gasteiger partial charge in [-0.2, -0.15) is 0 Å². The van der Waals surface area contributed by atoms with Crippen molar-refractivity contribution in [1.29, 1.82) is 0 Å². The van der Waals surface area contributed by atoms with E-state index in [1.165, 1.54) is 49.0 Å². The molecule has 0 saturated heterocycles. The van der Waals surface area contributed by atoms with Crippen molar-refractivity contribution in [3.63, 3.8) is 0 Å². The third-order valence-electron chi connectivity index (χ3n) is 9.93. The summed E-state index contributed by atoms with van der Waals surface area (Å²) in [4.78, 5) is 0. The Bertz CT molecular complexity index is 2440. The summed E-state index contributed by atoms with van der Waals surface area (Å²) >= 11 is 0. The molecule has 262 valence electrons. The fraction of sp³-hybridized carbons (Fsp3) is 0.0566. The summed E-state index contributed by atoms with van der Waals surface area (Å²) < 4.78 is 6.21. The van der Waals surface area contributed by atoms with Gasteiger partial charge in [0, 0.05) is 17.5 Å². The third-order valence-corrected chi connectivity index (χ3v) is 14.3. The quantitative estimate of drug-likeness (QED) is 0.0820. The molecule has 0 amide bonds. The van der Waals surface area contributed by atoms with Crippen LogP contribution >= 0.6 is 0 Å². The first-order valence-corrected chi connectivity index (χ1v) is 20.9. The highest BCUT2D eigenvalue weighted by Gasteiger charge is 2.51. The van der Waals surface area contributed by atoms with Crippen molar-refractivity contribution < 1.29 is 4.74 Å². The Hall–Kier alpha value is -6.84. The lowest BCUT2D eigenvalue weighted by atomic mass is 9.89. The minimum Gasteiger partial charge on any atom is -0.494 e. The van der Waals surface area contributed by atoms with Gasteiger partial charge in [0.15, 0.2) is 0 Å². The number of hydrogen-bond acceptors (Lipinski definition) is 1. The summed E-state index contributed by atoms with van der Waals surface area (Å²) in [6, 6.07) is 72.9. The van der Waals surface area contributed by atoms with Crippen molar-refractivity contribution in [1.82, 2.24) is 0 Å². The maximum atomic E-state index is 6.21. The summed E-state index contributed by atoms with van der Waals surface area (Å²) in [5.74, 6) is 11.1. The second kappa shape index (κ2) is 16.9. The van der Waals surface area contributed by atoms with E-state index in [1.807, 2.05) is 54.6 Å². The van der Waals surface area contributed by atoms with Crippen LogP contribution < -0.4 is 9.92 Å². The van der Waals surface area contributed by atoms with Crippen molar-refractivity contribution in [2.45, 2.75) is 12.8 Å². The van der Waals surface area contributed by atoms with Crippen LogP contribution in [0.15, 0.2) is 206 Å². The molecule has 1 heterocycles. The molecule has 0 spiro atoms. The monoisotopic (exact) mass is 720 g/mol. The predicted octanol–water partition coefficient (Wildman–Crippen LogP) is 11.5. The van der Waals surface area contributed by atoms with Gasteiger partial charge in [0.1, 0.15) is 5.75 Å². The summed E-state index contributed by atoms with van der Waals surface area (Å²) in [6.07, 6.45) is 1.53. The zero-order valence-electron chi connectivity index (χ0n) is 30.7. The van der Waals surface area contributed by atoms with Crippen molar-refractivity contribution in [2.75, 3.05) is 6.61 Å². The molecule has 0 aliphatic carbocycles. The Morgan fingerprint density at radius 3 is 1.27 bits per heavy atom. The molecule has 7 aromatic rings. The van der Waals surface area contributed by atoms with E-state index in [0.29, 0.717) is 13.0 Å². The lowest BCUT2D eigenvalue weighted by Gasteiger charge is -2.30. The largest absolute Gasteiger partial charge is 0.494 e. The number of ether oxygens (including phenoxy) is 1. The van der Waals surface area contributed by atoms with Crippen LogP contribution in [-0.2, 0) is 0 Å². The first-order valence-electron chi connectivity index (χ1n) is 18.9. The molecule has 2 heteroatoms. The first kappa shape index (κ1) is 35.2. The Morgan fingerprint density at radius 1 is 0.400 bits per heavy atom. The molecule has 0 saturated carbocycles. The van der Waals surface area contributed by atoms with E-state index in [-0.39, 0.29) is 0 Å². The predicted molar refractivity (Wildman–Crippen MR) is 233 cm³/mol. The standard InChI is InChI=1S/C53H40OSi/c1-8-22-42(23-9-1)34-35-43-36-38-48(39-37-43)54-40-20-7-21-41-55(49-32-18-6-19-33-49)52(46-28-14-4-15-29-46)50(44-24-10-2-11-25-44)51(45-26-12-3-13-27-45)53(55)47-30-16-5-17-31-47/h1-6,8-19,22-33,36-39H,7,20,40H2. The number of rotatable bonds is 9. The number of allylic oxidation sites excluding steroid dienone is 2. The second-order valence-electron chi connectivity index (χ2n) is 13.5. The summed E-state index contributed by atoms with van der Waals surface area (Å²) in [5.41, 5.74) is 13.5. The Kier molecular flexibility index (Phi) is 10.8. The van der Waals surface area contributed by atoms with E-state index >= 15 is 0 Å². The molecule has 1 aliphatic heterocycles. The maximum Gasteiger partial charge on any atom is 0.232 e. The van der Waals surface area contributed by atoms with E-state index in [4.69, 9.17) is 4.74 Å². The molecule has 0 fully saturated rings. The molecule has 8 rings (SSSR count). The molecule has 0 radical (unpaired) electrons. The van der Waals surface area contributed by atoms with Gasteiger partial charge < -0.3 is 4.74 Å². The van der Waals surface area contributed by atoms with E-state index in [0.717, 1.165) is 23.3 Å². The zero-order valence-corrected chi connectivity index (χ0v) is 31.7.